The van der Waals surface area contributed by atoms with Crippen LogP contribution in [0.2, 0.25) is 0 Å². The largest absolute Gasteiger partial charge is 0.462 e. The molecule has 0 N–H and O–H groups in total. The highest BCUT2D eigenvalue weighted by Gasteiger charge is 2.19. The highest BCUT2D eigenvalue weighted by molar-refractivity contribution is 5.71. The molecule has 6 nitrogen and oxygen atoms in total. The first kappa shape index (κ1) is 65.5. The molecule has 0 aromatic rings. The van der Waals surface area contributed by atoms with Crippen molar-refractivity contribution in [3.05, 3.63) is 134 Å². The molecule has 0 aliphatic heterocycles. The Bertz CT molecular complexity index is 1530. The van der Waals surface area contributed by atoms with E-state index in [4.69, 9.17) is 14.2 Å². The topological polar surface area (TPSA) is 78.9 Å². The summed E-state index contributed by atoms with van der Waals surface area (Å²) in [6, 6.07) is 0. The fourth-order valence-corrected chi connectivity index (χ4v) is 7.14. The minimum atomic E-state index is -0.803. The molecule has 70 heavy (non-hydrogen) atoms. The zero-order valence-corrected chi connectivity index (χ0v) is 45.0. The van der Waals surface area contributed by atoms with Gasteiger partial charge in [0.1, 0.15) is 13.2 Å². The molecule has 1 atom stereocenters. The van der Waals surface area contributed by atoms with Crippen LogP contribution in [0.15, 0.2) is 134 Å². The fourth-order valence-electron chi connectivity index (χ4n) is 7.14. The second-order valence-corrected chi connectivity index (χ2v) is 18.1. The van der Waals surface area contributed by atoms with Crippen LogP contribution >= 0.6 is 0 Å². The third kappa shape index (κ3) is 54.5. The van der Waals surface area contributed by atoms with Gasteiger partial charge in [-0.25, -0.2) is 0 Å². The van der Waals surface area contributed by atoms with Crippen molar-refractivity contribution in [1.29, 1.82) is 0 Å². The molecule has 6 heteroatoms. The molecular formula is C64H102O6. The van der Waals surface area contributed by atoms with Gasteiger partial charge < -0.3 is 14.2 Å². The normalized spacial score (nSPS) is 13.1. The van der Waals surface area contributed by atoms with Crippen molar-refractivity contribution in [1.82, 2.24) is 0 Å². The van der Waals surface area contributed by atoms with Gasteiger partial charge in [-0.15, -0.1) is 0 Å². The molecule has 0 rings (SSSR count). The standard InChI is InChI=1S/C64H102O6/c1-4-7-10-13-16-19-22-24-25-26-27-28-29-30-31-32-33-34-35-36-37-38-39-41-42-45-48-51-54-57-63(66)69-60-61(59-68-62(65)56-53-50-47-44-21-18-15-12-9-6-3)70-64(67)58-55-52-49-46-43-40-23-20-17-14-11-8-5-2/h7,10-12,14-16,19-20,23-25,27-28,30-31,33-34,36-37,39,41,61H,4-6,8-9,13,17-18,21-22,26,29,32,35,38,40,42-60H2,1-3H3/b10-7-,14-11-,15-12-,19-16-,23-20-,25-24-,28-27-,31-30-,34-33-,37-36-,41-39-. The predicted molar refractivity (Wildman–Crippen MR) is 302 cm³/mol. The molecule has 0 radical (unpaired) electrons. The second kappa shape index (κ2) is 57.1. The van der Waals surface area contributed by atoms with Crippen LogP contribution in [-0.4, -0.2) is 37.2 Å². The molecule has 0 bridgehead atoms. The Labute approximate surface area is 430 Å². The van der Waals surface area contributed by atoms with Crippen LogP contribution in [0.4, 0.5) is 0 Å². The lowest BCUT2D eigenvalue weighted by Crippen LogP contribution is -2.30. The van der Waals surface area contributed by atoms with Crippen LogP contribution in [0.1, 0.15) is 233 Å². The van der Waals surface area contributed by atoms with Crippen molar-refractivity contribution in [2.45, 2.75) is 239 Å². The van der Waals surface area contributed by atoms with E-state index in [0.717, 1.165) is 173 Å². The van der Waals surface area contributed by atoms with E-state index in [-0.39, 0.29) is 31.1 Å². The number of carbonyl (C=O) groups excluding carboxylic acids is 3. The maximum absolute atomic E-state index is 12.8. The monoisotopic (exact) mass is 967 g/mol. The summed E-state index contributed by atoms with van der Waals surface area (Å²) in [6.07, 6.45) is 80.2. The first-order chi connectivity index (χ1) is 34.5. The van der Waals surface area contributed by atoms with Crippen LogP contribution in [0, 0.1) is 0 Å². The minimum absolute atomic E-state index is 0.101. The van der Waals surface area contributed by atoms with Gasteiger partial charge in [0.05, 0.1) is 0 Å². The van der Waals surface area contributed by atoms with E-state index in [9.17, 15) is 14.4 Å². The van der Waals surface area contributed by atoms with Crippen molar-refractivity contribution in [2.24, 2.45) is 0 Å². The lowest BCUT2D eigenvalue weighted by atomic mass is 10.1. The molecule has 0 saturated heterocycles. The zero-order chi connectivity index (χ0) is 50.7. The van der Waals surface area contributed by atoms with Gasteiger partial charge in [0.2, 0.25) is 0 Å². The molecule has 1 unspecified atom stereocenters. The Kier molecular flexibility index (Phi) is 53.5. The second-order valence-electron chi connectivity index (χ2n) is 18.1. The van der Waals surface area contributed by atoms with E-state index in [0.29, 0.717) is 19.3 Å². The van der Waals surface area contributed by atoms with Gasteiger partial charge in [0.25, 0.3) is 0 Å². The molecular weight excluding hydrogens is 865 g/mol. The highest BCUT2D eigenvalue weighted by atomic mass is 16.6. The van der Waals surface area contributed by atoms with Crippen molar-refractivity contribution >= 4 is 17.9 Å². The van der Waals surface area contributed by atoms with E-state index in [1.807, 2.05) is 0 Å². The van der Waals surface area contributed by atoms with Gasteiger partial charge in [0, 0.05) is 19.3 Å². The molecule has 0 aromatic carbocycles. The third-order valence-electron chi connectivity index (χ3n) is 11.3. The van der Waals surface area contributed by atoms with Crippen LogP contribution in [-0.2, 0) is 28.6 Å². The lowest BCUT2D eigenvalue weighted by Gasteiger charge is -2.18. The number of carbonyl (C=O) groups is 3. The van der Waals surface area contributed by atoms with E-state index >= 15 is 0 Å². The van der Waals surface area contributed by atoms with Gasteiger partial charge in [-0.3, -0.25) is 14.4 Å². The number of hydrogen-bond donors (Lipinski definition) is 0. The third-order valence-corrected chi connectivity index (χ3v) is 11.3. The van der Waals surface area contributed by atoms with Crippen molar-refractivity contribution in [2.75, 3.05) is 13.2 Å². The van der Waals surface area contributed by atoms with Crippen molar-refractivity contribution in [3.63, 3.8) is 0 Å². The van der Waals surface area contributed by atoms with E-state index in [2.05, 4.69) is 154 Å². The molecule has 0 aliphatic carbocycles. The number of esters is 3. The summed E-state index contributed by atoms with van der Waals surface area (Å²) in [5, 5.41) is 0. The maximum atomic E-state index is 12.8. The Morgan fingerprint density at radius 3 is 0.900 bits per heavy atom. The van der Waals surface area contributed by atoms with Crippen LogP contribution < -0.4 is 0 Å². The minimum Gasteiger partial charge on any atom is -0.462 e. The van der Waals surface area contributed by atoms with E-state index < -0.39 is 6.10 Å². The first-order valence-corrected chi connectivity index (χ1v) is 28.2. The molecule has 0 amide bonds. The average molecular weight is 968 g/mol. The summed E-state index contributed by atoms with van der Waals surface area (Å²) in [4.78, 5) is 38.0. The summed E-state index contributed by atoms with van der Waals surface area (Å²) < 4.78 is 16.8. The average Bonchev–Trinajstić information content (AvgIpc) is 3.36. The van der Waals surface area contributed by atoms with Crippen LogP contribution in [0.5, 0.6) is 0 Å². The maximum Gasteiger partial charge on any atom is 0.306 e. The number of unbranched alkanes of at least 4 members (excludes halogenated alkanes) is 16. The molecule has 0 aromatic heterocycles. The van der Waals surface area contributed by atoms with Gasteiger partial charge >= 0.3 is 17.9 Å². The summed E-state index contributed by atoms with van der Waals surface area (Å²) in [5.74, 6) is -0.959. The number of ether oxygens (including phenoxy) is 3. The van der Waals surface area contributed by atoms with Crippen molar-refractivity contribution < 1.29 is 28.6 Å². The summed E-state index contributed by atoms with van der Waals surface area (Å²) in [6.45, 7) is 6.34. The zero-order valence-electron chi connectivity index (χ0n) is 45.0. The highest BCUT2D eigenvalue weighted by Crippen LogP contribution is 2.13. The van der Waals surface area contributed by atoms with Gasteiger partial charge in [0.15, 0.2) is 6.10 Å². The Morgan fingerprint density at radius 1 is 0.300 bits per heavy atom. The molecule has 0 saturated carbocycles. The molecule has 394 valence electrons. The SMILES string of the molecule is CC/C=C\C/C=C\C/C=C\C/C=C\C/C=C\C/C=C\C/C=C\C/C=C\CCCCCCC(=O)OCC(COC(=O)CCCCCCC/C=C\CCC)OC(=O)CCCCCCC/C=C\C/C=C\CCC. The van der Waals surface area contributed by atoms with Crippen LogP contribution in [0.3, 0.4) is 0 Å². The van der Waals surface area contributed by atoms with Crippen molar-refractivity contribution in [3.8, 4) is 0 Å². The van der Waals surface area contributed by atoms with Gasteiger partial charge in [-0.1, -0.05) is 219 Å². The predicted octanol–water partition coefficient (Wildman–Crippen LogP) is 19.0. The first-order valence-electron chi connectivity index (χ1n) is 28.2. The Hall–Kier alpha value is -4.45. The number of allylic oxidation sites excluding steroid dienone is 22. The summed E-state index contributed by atoms with van der Waals surface area (Å²) in [5.41, 5.74) is 0. The summed E-state index contributed by atoms with van der Waals surface area (Å²) in [7, 11) is 0. The van der Waals surface area contributed by atoms with Gasteiger partial charge in [-0.2, -0.15) is 0 Å². The molecule has 0 spiro atoms. The van der Waals surface area contributed by atoms with E-state index in [1.54, 1.807) is 0 Å². The lowest BCUT2D eigenvalue weighted by molar-refractivity contribution is -0.167. The molecule has 0 heterocycles. The Balaban J connectivity index is 4.33. The summed E-state index contributed by atoms with van der Waals surface area (Å²) >= 11 is 0. The fraction of sp³-hybridized carbons (Fsp3) is 0.609. The molecule has 0 aliphatic rings. The Morgan fingerprint density at radius 2 is 0.557 bits per heavy atom. The number of hydrogen-bond acceptors (Lipinski definition) is 6. The van der Waals surface area contributed by atoms with Gasteiger partial charge in [-0.05, 0) is 128 Å². The van der Waals surface area contributed by atoms with E-state index in [1.165, 1.54) is 19.3 Å². The van der Waals surface area contributed by atoms with Crippen LogP contribution in [0.25, 0.3) is 0 Å². The number of rotatable bonds is 49. The smallest absolute Gasteiger partial charge is 0.306 e. The quantitative estimate of drug-likeness (QED) is 0.0262. The molecule has 0 fully saturated rings.